The molecule has 1 heterocycles. The summed E-state index contributed by atoms with van der Waals surface area (Å²) in [5.74, 6) is 1.41. The fourth-order valence-corrected chi connectivity index (χ4v) is 5.21. The van der Waals surface area contributed by atoms with Crippen LogP contribution in [0.15, 0.2) is 66.2 Å². The Morgan fingerprint density at radius 2 is 1.80 bits per heavy atom. The van der Waals surface area contributed by atoms with Gasteiger partial charge in [-0.05, 0) is 48.6 Å². The number of ether oxygens (including phenoxy) is 3. The van der Waals surface area contributed by atoms with Crippen molar-refractivity contribution in [3.05, 3.63) is 77.4 Å². The van der Waals surface area contributed by atoms with E-state index in [0.29, 0.717) is 24.7 Å². The van der Waals surface area contributed by atoms with Gasteiger partial charge in [0.2, 0.25) is 0 Å². The zero-order valence-electron chi connectivity index (χ0n) is 18.1. The summed E-state index contributed by atoms with van der Waals surface area (Å²) in [4.78, 5) is 12.6. The lowest BCUT2D eigenvalue weighted by molar-refractivity contribution is -0.166. The normalized spacial score (nSPS) is 30.3. The summed E-state index contributed by atoms with van der Waals surface area (Å²) in [5.41, 5.74) is 2.86. The molecule has 0 N–H and O–H groups in total. The van der Waals surface area contributed by atoms with E-state index in [1.54, 1.807) is 19.2 Å². The summed E-state index contributed by atoms with van der Waals surface area (Å²) < 4.78 is 17.6. The van der Waals surface area contributed by atoms with Gasteiger partial charge in [0.25, 0.3) is 0 Å². The van der Waals surface area contributed by atoms with Crippen LogP contribution in [0, 0.1) is 23.2 Å². The molecular weight excluding hydrogens is 376 g/mol. The number of carbonyl (C=O) groups is 1. The third-order valence-corrected chi connectivity index (χ3v) is 7.17. The Morgan fingerprint density at radius 3 is 2.47 bits per heavy atom. The number of rotatable bonds is 5. The van der Waals surface area contributed by atoms with Crippen molar-refractivity contribution in [1.82, 2.24) is 0 Å². The quantitative estimate of drug-likeness (QED) is 0.489. The van der Waals surface area contributed by atoms with E-state index < -0.39 is 0 Å². The maximum Gasteiger partial charge on any atom is 0.338 e. The lowest BCUT2D eigenvalue weighted by Crippen LogP contribution is -2.54. The molecule has 4 nitrogen and oxygen atoms in total. The van der Waals surface area contributed by atoms with Gasteiger partial charge in [-0.2, -0.15) is 0 Å². The van der Waals surface area contributed by atoms with Gasteiger partial charge < -0.3 is 14.2 Å². The predicted octanol–water partition coefficient (Wildman–Crippen LogP) is 5.46. The van der Waals surface area contributed by atoms with Gasteiger partial charge in [-0.25, -0.2) is 4.79 Å². The first-order valence-electron chi connectivity index (χ1n) is 10.6. The van der Waals surface area contributed by atoms with E-state index in [1.807, 2.05) is 30.3 Å². The van der Waals surface area contributed by atoms with E-state index in [0.717, 1.165) is 11.3 Å². The van der Waals surface area contributed by atoms with Crippen molar-refractivity contribution in [2.75, 3.05) is 20.3 Å². The highest BCUT2D eigenvalue weighted by molar-refractivity contribution is 5.89. The van der Waals surface area contributed by atoms with E-state index in [1.165, 1.54) is 5.57 Å². The maximum absolute atomic E-state index is 12.6. The molecule has 5 atom stereocenters. The van der Waals surface area contributed by atoms with Crippen LogP contribution in [0.3, 0.4) is 0 Å². The first-order chi connectivity index (χ1) is 14.5. The number of benzene rings is 2. The Labute approximate surface area is 178 Å². The summed E-state index contributed by atoms with van der Waals surface area (Å²) in [6, 6.07) is 17.3. The molecule has 0 unspecified atom stereocenters. The summed E-state index contributed by atoms with van der Waals surface area (Å²) in [6.45, 7) is 7.62. The largest absolute Gasteiger partial charge is 0.497 e. The van der Waals surface area contributed by atoms with Crippen LogP contribution in [-0.4, -0.2) is 26.3 Å². The second-order valence-corrected chi connectivity index (χ2v) is 8.69. The van der Waals surface area contributed by atoms with Crippen LogP contribution in [0.2, 0.25) is 0 Å². The molecule has 0 amide bonds. The number of esters is 1. The van der Waals surface area contributed by atoms with Gasteiger partial charge in [-0.1, -0.05) is 55.8 Å². The van der Waals surface area contributed by atoms with Crippen molar-refractivity contribution in [3.63, 3.8) is 0 Å². The van der Waals surface area contributed by atoms with Crippen LogP contribution in [0.25, 0.3) is 0 Å². The van der Waals surface area contributed by atoms with Crippen molar-refractivity contribution >= 4 is 5.97 Å². The van der Waals surface area contributed by atoms with Crippen molar-refractivity contribution in [2.24, 2.45) is 23.2 Å². The van der Waals surface area contributed by atoms with Crippen LogP contribution in [0.5, 0.6) is 5.75 Å². The second-order valence-electron chi connectivity index (χ2n) is 8.69. The summed E-state index contributed by atoms with van der Waals surface area (Å²) in [7, 11) is 1.68. The number of hydrogen-bond acceptors (Lipinski definition) is 4. The van der Waals surface area contributed by atoms with Crippen LogP contribution in [0.1, 0.15) is 42.8 Å². The monoisotopic (exact) mass is 406 g/mol. The van der Waals surface area contributed by atoms with Crippen LogP contribution in [0.4, 0.5) is 0 Å². The lowest BCUT2D eigenvalue weighted by atomic mass is 9.56. The van der Waals surface area contributed by atoms with Gasteiger partial charge in [-0.3, -0.25) is 0 Å². The molecule has 4 heteroatoms. The lowest BCUT2D eigenvalue weighted by Gasteiger charge is -2.55. The number of methoxy groups -OCH3 is 1. The topological polar surface area (TPSA) is 44.8 Å². The standard InChI is InChI=1S/C26H30O4/c1-17-14-18(2)26(16-30-25(27)21-8-6-5-7-9-21)15-29-24(23(17)19(26)3)20-10-12-22(28-4)13-11-20/h5-14,18-19,23-24H,15-16H2,1-4H3/t18-,19-,23+,24+,26-/m1/s1. The molecule has 158 valence electrons. The molecule has 1 aliphatic carbocycles. The van der Waals surface area contributed by atoms with Crippen LogP contribution in [-0.2, 0) is 9.47 Å². The molecule has 0 aromatic heterocycles. The van der Waals surface area contributed by atoms with Gasteiger partial charge in [0.15, 0.2) is 0 Å². The molecule has 2 aromatic rings. The summed E-state index contributed by atoms with van der Waals surface area (Å²) in [5, 5.41) is 0. The van der Waals surface area contributed by atoms with Crippen LogP contribution >= 0.6 is 0 Å². The fourth-order valence-electron chi connectivity index (χ4n) is 5.21. The van der Waals surface area contributed by atoms with Gasteiger partial charge in [0.05, 0.1) is 25.4 Å². The minimum absolute atomic E-state index is 0.00685. The smallest absolute Gasteiger partial charge is 0.338 e. The van der Waals surface area contributed by atoms with Crippen molar-refractivity contribution in [3.8, 4) is 5.75 Å². The molecule has 0 radical (unpaired) electrons. The highest BCUT2D eigenvalue weighted by Crippen LogP contribution is 2.56. The Kier molecular flexibility index (Phi) is 5.70. The zero-order chi connectivity index (χ0) is 21.3. The third kappa shape index (κ3) is 3.54. The van der Waals surface area contributed by atoms with Crippen LogP contribution < -0.4 is 4.74 Å². The maximum atomic E-state index is 12.6. The molecule has 1 saturated heterocycles. The fraction of sp³-hybridized carbons (Fsp3) is 0.423. The molecule has 0 saturated carbocycles. The molecule has 30 heavy (non-hydrogen) atoms. The second kappa shape index (κ2) is 8.27. The minimum Gasteiger partial charge on any atom is -0.497 e. The molecule has 4 rings (SSSR count). The Hall–Kier alpha value is -2.59. The summed E-state index contributed by atoms with van der Waals surface area (Å²) in [6.07, 6.45) is 2.34. The van der Waals surface area contributed by atoms with E-state index >= 15 is 0 Å². The number of fused-ring (bicyclic) bond motifs is 2. The third-order valence-electron chi connectivity index (χ3n) is 7.17. The Bertz CT molecular complexity index is 918. The van der Waals surface area contributed by atoms with Crippen molar-refractivity contribution in [2.45, 2.75) is 26.9 Å². The Balaban J connectivity index is 1.57. The average molecular weight is 407 g/mol. The molecule has 2 aromatic carbocycles. The van der Waals surface area contributed by atoms with E-state index in [9.17, 15) is 4.79 Å². The molecule has 2 aliphatic rings. The molecule has 1 aliphatic heterocycles. The SMILES string of the molecule is COc1ccc([C@@H]2OC[C@@]3(COC(=O)c4ccccc4)[C@H](C)C=C(C)[C@H]2[C@H]3C)cc1. The molecule has 2 bridgehead atoms. The molecule has 1 fully saturated rings. The zero-order valence-corrected chi connectivity index (χ0v) is 18.1. The molecule has 0 spiro atoms. The van der Waals surface area contributed by atoms with E-state index in [2.05, 4.69) is 39.0 Å². The van der Waals surface area contributed by atoms with Gasteiger partial charge >= 0.3 is 5.97 Å². The first kappa shape index (κ1) is 20.7. The number of allylic oxidation sites excluding steroid dienone is 1. The van der Waals surface area contributed by atoms with Crippen molar-refractivity contribution < 1.29 is 19.0 Å². The summed E-state index contributed by atoms with van der Waals surface area (Å²) >= 11 is 0. The number of carbonyl (C=O) groups excluding carboxylic acids is 1. The van der Waals surface area contributed by atoms with Gasteiger partial charge in [0.1, 0.15) is 12.4 Å². The Morgan fingerprint density at radius 1 is 1.10 bits per heavy atom. The minimum atomic E-state index is -0.274. The number of hydrogen-bond donors (Lipinski definition) is 0. The molecular formula is C26H30O4. The van der Waals surface area contributed by atoms with E-state index in [4.69, 9.17) is 14.2 Å². The highest BCUT2D eigenvalue weighted by Gasteiger charge is 2.54. The van der Waals surface area contributed by atoms with E-state index in [-0.39, 0.29) is 29.3 Å². The van der Waals surface area contributed by atoms with Crippen molar-refractivity contribution in [1.29, 1.82) is 0 Å². The highest BCUT2D eigenvalue weighted by atomic mass is 16.5. The first-order valence-corrected chi connectivity index (χ1v) is 10.6. The van der Waals surface area contributed by atoms with Gasteiger partial charge in [0, 0.05) is 11.3 Å². The predicted molar refractivity (Wildman–Crippen MR) is 116 cm³/mol. The van der Waals surface area contributed by atoms with Gasteiger partial charge in [-0.15, -0.1) is 0 Å². The average Bonchev–Trinajstić information content (AvgIpc) is 2.77.